The van der Waals surface area contributed by atoms with E-state index in [4.69, 9.17) is 0 Å². The van der Waals surface area contributed by atoms with E-state index in [1.165, 1.54) is 0 Å². The Morgan fingerprint density at radius 1 is 1.29 bits per heavy atom. The number of nitro groups is 1. The van der Waals surface area contributed by atoms with Gasteiger partial charge in [0.25, 0.3) is 5.69 Å². The minimum atomic E-state index is -1.27. The predicted molar refractivity (Wildman–Crippen MR) is 59.6 cm³/mol. The van der Waals surface area contributed by atoms with E-state index in [-0.39, 0.29) is 10.6 Å². The summed E-state index contributed by atoms with van der Waals surface area (Å²) in [6.45, 7) is 0. The van der Waals surface area contributed by atoms with E-state index in [0.717, 1.165) is 17.4 Å². The normalized spacial score (nSPS) is 10.5. The van der Waals surface area contributed by atoms with Gasteiger partial charge in [-0.05, 0) is 22.0 Å². The van der Waals surface area contributed by atoms with Gasteiger partial charge in [0, 0.05) is 0 Å². The molecule has 1 aromatic carbocycles. The summed E-state index contributed by atoms with van der Waals surface area (Å²) in [5.74, 6) is -2.44. The van der Waals surface area contributed by atoms with Gasteiger partial charge in [0.15, 0.2) is 20.6 Å². The standard InChI is InChI=1S/C8H2BrF2N3O2S/c9-8-13-12-7(17-8)3-1-4(10)5(11)2-6(3)14(15)16/h1-2H. The third kappa shape index (κ3) is 2.29. The van der Waals surface area contributed by atoms with Crippen LogP contribution in [0.2, 0.25) is 0 Å². The summed E-state index contributed by atoms with van der Waals surface area (Å²) in [5, 5.41) is 18.1. The summed E-state index contributed by atoms with van der Waals surface area (Å²) in [4.78, 5) is 9.93. The molecule has 0 radical (unpaired) electrons. The highest BCUT2D eigenvalue weighted by Crippen LogP contribution is 2.34. The second-order valence-electron chi connectivity index (χ2n) is 2.90. The Labute approximate surface area is 105 Å². The summed E-state index contributed by atoms with van der Waals surface area (Å²) in [6.07, 6.45) is 0. The molecule has 2 aromatic rings. The number of nitrogens with zero attached hydrogens (tertiary/aromatic N) is 3. The topological polar surface area (TPSA) is 68.9 Å². The van der Waals surface area contributed by atoms with E-state index in [1.54, 1.807) is 0 Å². The molecule has 0 bridgehead atoms. The van der Waals surface area contributed by atoms with Gasteiger partial charge in [0.05, 0.1) is 16.6 Å². The first-order valence-corrected chi connectivity index (χ1v) is 5.73. The lowest BCUT2D eigenvalue weighted by Crippen LogP contribution is -1.95. The van der Waals surface area contributed by atoms with Crippen molar-refractivity contribution in [2.75, 3.05) is 0 Å². The number of aromatic nitrogens is 2. The highest BCUT2D eigenvalue weighted by molar-refractivity contribution is 9.11. The van der Waals surface area contributed by atoms with Crippen molar-refractivity contribution in [3.8, 4) is 10.6 Å². The lowest BCUT2D eigenvalue weighted by molar-refractivity contribution is -0.384. The Balaban J connectivity index is 2.67. The molecule has 0 saturated heterocycles. The predicted octanol–water partition coefficient (Wildman–Crippen LogP) is 3.15. The number of halogens is 3. The van der Waals surface area contributed by atoms with Crippen molar-refractivity contribution >= 4 is 33.0 Å². The van der Waals surface area contributed by atoms with Crippen LogP contribution < -0.4 is 0 Å². The van der Waals surface area contributed by atoms with Gasteiger partial charge in [0.1, 0.15) is 0 Å². The molecule has 0 amide bonds. The van der Waals surface area contributed by atoms with Crippen LogP contribution in [0.5, 0.6) is 0 Å². The molecule has 5 nitrogen and oxygen atoms in total. The summed E-state index contributed by atoms with van der Waals surface area (Å²) >= 11 is 4.02. The summed E-state index contributed by atoms with van der Waals surface area (Å²) in [7, 11) is 0. The molecule has 0 spiro atoms. The summed E-state index contributed by atoms with van der Waals surface area (Å²) in [5.41, 5.74) is -0.648. The van der Waals surface area contributed by atoms with Crippen LogP contribution in [0.4, 0.5) is 14.5 Å². The molecule has 1 aromatic heterocycles. The molecule has 0 fully saturated rings. The zero-order valence-electron chi connectivity index (χ0n) is 7.85. The van der Waals surface area contributed by atoms with Crippen LogP contribution in [0.15, 0.2) is 16.0 Å². The molecule has 0 saturated carbocycles. The molecule has 0 aliphatic rings. The SMILES string of the molecule is O=[N+]([O-])c1cc(F)c(F)cc1-c1nnc(Br)s1. The maximum Gasteiger partial charge on any atom is 0.282 e. The van der Waals surface area contributed by atoms with Crippen molar-refractivity contribution in [2.24, 2.45) is 0 Å². The third-order valence-electron chi connectivity index (χ3n) is 1.87. The van der Waals surface area contributed by atoms with E-state index < -0.39 is 22.2 Å². The summed E-state index contributed by atoms with van der Waals surface area (Å²) < 4.78 is 26.4. The number of benzene rings is 1. The van der Waals surface area contributed by atoms with Gasteiger partial charge in [-0.3, -0.25) is 10.1 Å². The van der Waals surface area contributed by atoms with Crippen molar-refractivity contribution in [3.05, 3.63) is 37.8 Å². The maximum absolute atomic E-state index is 13.1. The van der Waals surface area contributed by atoms with Crippen LogP contribution in [-0.4, -0.2) is 15.1 Å². The van der Waals surface area contributed by atoms with Gasteiger partial charge in [-0.15, -0.1) is 10.2 Å². The molecule has 0 N–H and O–H groups in total. The van der Waals surface area contributed by atoms with E-state index in [1.807, 2.05) is 0 Å². The molecule has 2 rings (SSSR count). The van der Waals surface area contributed by atoms with Crippen molar-refractivity contribution in [1.82, 2.24) is 10.2 Å². The molecule has 0 unspecified atom stereocenters. The van der Waals surface area contributed by atoms with Crippen LogP contribution in [0.1, 0.15) is 0 Å². The second kappa shape index (κ2) is 4.41. The monoisotopic (exact) mass is 321 g/mol. The van der Waals surface area contributed by atoms with Crippen LogP contribution in [0.25, 0.3) is 10.6 Å². The minimum absolute atomic E-state index is 0.0999. The van der Waals surface area contributed by atoms with E-state index >= 15 is 0 Å². The zero-order valence-corrected chi connectivity index (χ0v) is 10.3. The van der Waals surface area contributed by atoms with E-state index in [9.17, 15) is 18.9 Å². The quantitative estimate of drug-likeness (QED) is 0.629. The van der Waals surface area contributed by atoms with Crippen LogP contribution in [-0.2, 0) is 0 Å². The van der Waals surface area contributed by atoms with Crippen LogP contribution in [0, 0.1) is 21.7 Å². The van der Waals surface area contributed by atoms with Gasteiger partial charge in [-0.1, -0.05) is 11.3 Å². The Bertz CT molecular complexity index is 604. The van der Waals surface area contributed by atoms with Crippen molar-refractivity contribution in [3.63, 3.8) is 0 Å². The van der Waals surface area contributed by atoms with E-state index in [0.29, 0.717) is 9.98 Å². The van der Waals surface area contributed by atoms with Crippen molar-refractivity contribution in [2.45, 2.75) is 0 Å². The molecular formula is C8H2BrF2N3O2S. The Hall–Kier alpha value is -1.48. The van der Waals surface area contributed by atoms with Crippen molar-refractivity contribution in [1.29, 1.82) is 0 Å². The van der Waals surface area contributed by atoms with Crippen LogP contribution in [0.3, 0.4) is 0 Å². The Morgan fingerprint density at radius 3 is 2.47 bits per heavy atom. The number of nitro benzene ring substituents is 1. The fourth-order valence-electron chi connectivity index (χ4n) is 1.17. The second-order valence-corrected chi connectivity index (χ2v) is 5.15. The maximum atomic E-state index is 13.1. The molecule has 0 aliphatic heterocycles. The Kier molecular flexibility index (Phi) is 3.11. The molecule has 0 atom stereocenters. The largest absolute Gasteiger partial charge is 0.282 e. The number of rotatable bonds is 2. The molecule has 17 heavy (non-hydrogen) atoms. The zero-order chi connectivity index (χ0) is 12.6. The van der Waals surface area contributed by atoms with Gasteiger partial charge >= 0.3 is 0 Å². The fraction of sp³-hybridized carbons (Fsp3) is 0. The highest BCUT2D eigenvalue weighted by atomic mass is 79.9. The smallest absolute Gasteiger partial charge is 0.258 e. The van der Waals surface area contributed by atoms with Crippen LogP contribution >= 0.6 is 27.3 Å². The van der Waals surface area contributed by atoms with Gasteiger partial charge < -0.3 is 0 Å². The molecule has 0 aliphatic carbocycles. The number of hydrogen-bond acceptors (Lipinski definition) is 5. The molecule has 88 valence electrons. The Morgan fingerprint density at radius 2 is 1.94 bits per heavy atom. The van der Waals surface area contributed by atoms with Crippen molar-refractivity contribution < 1.29 is 13.7 Å². The highest BCUT2D eigenvalue weighted by Gasteiger charge is 2.22. The molecular weight excluding hydrogens is 320 g/mol. The third-order valence-corrected chi connectivity index (χ3v) is 3.26. The molecule has 1 heterocycles. The van der Waals surface area contributed by atoms with Gasteiger partial charge in [-0.25, -0.2) is 8.78 Å². The molecule has 9 heteroatoms. The first-order valence-electron chi connectivity index (χ1n) is 4.12. The number of hydrogen-bond donors (Lipinski definition) is 0. The average molecular weight is 322 g/mol. The average Bonchev–Trinajstić information content (AvgIpc) is 2.68. The fourth-order valence-corrected chi connectivity index (χ4v) is 2.31. The lowest BCUT2D eigenvalue weighted by atomic mass is 10.2. The summed E-state index contributed by atoms with van der Waals surface area (Å²) in [6, 6.07) is 1.26. The first kappa shape index (κ1) is 12.0. The lowest BCUT2D eigenvalue weighted by Gasteiger charge is -1.99. The van der Waals surface area contributed by atoms with Gasteiger partial charge in [-0.2, -0.15) is 0 Å². The van der Waals surface area contributed by atoms with E-state index in [2.05, 4.69) is 26.1 Å². The van der Waals surface area contributed by atoms with Gasteiger partial charge in [0.2, 0.25) is 0 Å². The first-order chi connectivity index (χ1) is 7.99. The minimum Gasteiger partial charge on any atom is -0.258 e.